The van der Waals surface area contributed by atoms with E-state index in [9.17, 15) is 14.4 Å². The molecule has 2 fully saturated rings. The highest BCUT2D eigenvalue weighted by Gasteiger charge is 2.26. The number of piperidine rings is 1. The van der Waals surface area contributed by atoms with Crippen LogP contribution >= 0.6 is 0 Å². The van der Waals surface area contributed by atoms with Gasteiger partial charge in [-0.05, 0) is 56.0 Å². The molecule has 0 aliphatic carbocycles. The number of anilines is 1. The maximum absolute atomic E-state index is 13.1. The highest BCUT2D eigenvalue weighted by Crippen LogP contribution is 2.20. The van der Waals surface area contributed by atoms with E-state index in [0.717, 1.165) is 31.5 Å². The van der Waals surface area contributed by atoms with Gasteiger partial charge in [-0.3, -0.25) is 19.3 Å². The first-order valence-electron chi connectivity index (χ1n) is 11.3. The van der Waals surface area contributed by atoms with Gasteiger partial charge in [-0.15, -0.1) is 0 Å². The Morgan fingerprint density at radius 1 is 0.938 bits per heavy atom. The number of carbonyl (C=O) groups excluding carboxylic acids is 3. The van der Waals surface area contributed by atoms with Crippen LogP contribution in [0.2, 0.25) is 0 Å². The zero-order chi connectivity index (χ0) is 22.5. The zero-order valence-electron chi connectivity index (χ0n) is 18.5. The Kier molecular flexibility index (Phi) is 6.90. The van der Waals surface area contributed by atoms with Crippen molar-refractivity contribution < 1.29 is 18.8 Å². The third kappa shape index (κ3) is 5.19. The molecule has 8 nitrogen and oxygen atoms in total. The molecular formula is C24H30N4O4. The summed E-state index contributed by atoms with van der Waals surface area (Å²) in [6.45, 7) is 6.55. The average molecular weight is 439 g/mol. The summed E-state index contributed by atoms with van der Waals surface area (Å²) < 4.78 is 5.14. The molecular weight excluding hydrogens is 408 g/mol. The minimum Gasteiger partial charge on any atom is -0.459 e. The smallest absolute Gasteiger partial charge is 0.291 e. The predicted octanol–water partition coefficient (Wildman–Crippen LogP) is 2.61. The number of carbonyl (C=O) groups is 3. The second kappa shape index (κ2) is 9.99. The van der Waals surface area contributed by atoms with Crippen molar-refractivity contribution in [3.05, 3.63) is 53.5 Å². The fourth-order valence-electron chi connectivity index (χ4n) is 4.21. The van der Waals surface area contributed by atoms with E-state index in [4.69, 9.17) is 4.42 Å². The van der Waals surface area contributed by atoms with E-state index in [2.05, 4.69) is 10.2 Å². The molecule has 0 bridgehead atoms. The van der Waals surface area contributed by atoms with Crippen LogP contribution in [0, 0.1) is 6.92 Å². The van der Waals surface area contributed by atoms with Gasteiger partial charge in [-0.25, -0.2) is 0 Å². The highest BCUT2D eigenvalue weighted by molar-refractivity contribution is 6.04. The number of furan rings is 1. The summed E-state index contributed by atoms with van der Waals surface area (Å²) in [5, 5.41) is 2.82. The van der Waals surface area contributed by atoms with Crippen molar-refractivity contribution in [1.29, 1.82) is 0 Å². The van der Waals surface area contributed by atoms with Crippen molar-refractivity contribution in [2.24, 2.45) is 0 Å². The Hall–Kier alpha value is -3.13. The number of likely N-dealkylation sites (tertiary alicyclic amines) is 1. The molecule has 3 amide bonds. The van der Waals surface area contributed by atoms with Gasteiger partial charge in [0.15, 0.2) is 5.76 Å². The summed E-state index contributed by atoms with van der Waals surface area (Å²) in [5.74, 6) is -0.00788. The fraction of sp³-hybridized carbons (Fsp3) is 0.458. The molecule has 0 radical (unpaired) electrons. The van der Waals surface area contributed by atoms with Crippen LogP contribution in [0.25, 0.3) is 0 Å². The number of hydrogen-bond donors (Lipinski definition) is 1. The summed E-state index contributed by atoms with van der Waals surface area (Å²) in [6.07, 6.45) is 4.84. The molecule has 2 aliphatic heterocycles. The molecule has 2 aliphatic rings. The van der Waals surface area contributed by atoms with Gasteiger partial charge in [-0.2, -0.15) is 0 Å². The van der Waals surface area contributed by atoms with Crippen molar-refractivity contribution in [1.82, 2.24) is 14.7 Å². The van der Waals surface area contributed by atoms with Crippen LogP contribution in [0.1, 0.15) is 45.7 Å². The number of piperazine rings is 1. The molecule has 1 aromatic heterocycles. The quantitative estimate of drug-likeness (QED) is 0.776. The fourth-order valence-corrected chi connectivity index (χ4v) is 4.21. The number of hydrogen-bond acceptors (Lipinski definition) is 5. The highest BCUT2D eigenvalue weighted by atomic mass is 16.3. The van der Waals surface area contributed by atoms with Gasteiger partial charge < -0.3 is 19.5 Å². The number of nitrogens with one attached hydrogen (secondary N) is 1. The van der Waals surface area contributed by atoms with Gasteiger partial charge in [0.05, 0.1) is 12.8 Å². The largest absolute Gasteiger partial charge is 0.459 e. The lowest BCUT2D eigenvalue weighted by Gasteiger charge is -2.36. The summed E-state index contributed by atoms with van der Waals surface area (Å²) in [6, 6.07) is 8.58. The van der Waals surface area contributed by atoms with E-state index < -0.39 is 0 Å². The third-order valence-corrected chi connectivity index (χ3v) is 6.20. The maximum Gasteiger partial charge on any atom is 0.291 e. The number of aryl methyl sites for hydroxylation is 1. The van der Waals surface area contributed by atoms with Gasteiger partial charge >= 0.3 is 0 Å². The third-order valence-electron chi connectivity index (χ3n) is 6.20. The molecule has 0 unspecified atom stereocenters. The van der Waals surface area contributed by atoms with Gasteiger partial charge in [0.2, 0.25) is 5.91 Å². The molecule has 1 aromatic carbocycles. The number of amides is 3. The molecule has 32 heavy (non-hydrogen) atoms. The zero-order valence-corrected chi connectivity index (χ0v) is 18.5. The molecule has 0 saturated carbocycles. The average Bonchev–Trinajstić information content (AvgIpc) is 3.36. The van der Waals surface area contributed by atoms with E-state index in [0.29, 0.717) is 44.0 Å². The standard InChI is InChI=1S/C24H30N4O4/c1-18-7-8-19(16-20(18)25-23(30)21-6-5-15-32-21)24(31)28-13-11-26(12-14-28)17-22(29)27-9-3-2-4-10-27/h5-8,15-16H,2-4,9-14,17H2,1H3,(H,25,30). The van der Waals surface area contributed by atoms with Gasteiger partial charge in [-0.1, -0.05) is 6.07 Å². The molecule has 1 N–H and O–H groups in total. The Balaban J connectivity index is 1.32. The first-order valence-corrected chi connectivity index (χ1v) is 11.3. The van der Waals surface area contributed by atoms with Gasteiger partial charge in [0.1, 0.15) is 0 Å². The van der Waals surface area contributed by atoms with E-state index in [-0.39, 0.29) is 23.5 Å². The maximum atomic E-state index is 13.1. The first-order chi connectivity index (χ1) is 15.5. The SMILES string of the molecule is Cc1ccc(C(=O)N2CCN(CC(=O)N3CCCCC3)CC2)cc1NC(=O)c1ccco1. The summed E-state index contributed by atoms with van der Waals surface area (Å²) >= 11 is 0. The molecule has 0 atom stereocenters. The minimum absolute atomic E-state index is 0.0690. The van der Waals surface area contributed by atoms with Crippen LogP contribution in [0.5, 0.6) is 0 Å². The number of benzene rings is 1. The van der Waals surface area contributed by atoms with Crippen molar-refractivity contribution in [2.45, 2.75) is 26.2 Å². The van der Waals surface area contributed by atoms with Crippen LogP contribution in [0.15, 0.2) is 41.0 Å². The van der Waals surface area contributed by atoms with Crippen LogP contribution in [0.3, 0.4) is 0 Å². The predicted molar refractivity (Wildman–Crippen MR) is 121 cm³/mol. The van der Waals surface area contributed by atoms with Gasteiger partial charge in [0, 0.05) is 50.5 Å². The monoisotopic (exact) mass is 438 g/mol. The summed E-state index contributed by atoms with van der Waals surface area (Å²) in [7, 11) is 0. The van der Waals surface area contributed by atoms with Crippen molar-refractivity contribution in [2.75, 3.05) is 51.1 Å². The number of nitrogens with zero attached hydrogens (tertiary/aromatic N) is 3. The van der Waals surface area contributed by atoms with Crippen molar-refractivity contribution >= 4 is 23.4 Å². The Morgan fingerprint density at radius 2 is 1.69 bits per heavy atom. The minimum atomic E-state index is -0.352. The Bertz CT molecular complexity index is 958. The second-order valence-corrected chi connectivity index (χ2v) is 8.47. The normalized spacial score (nSPS) is 17.3. The molecule has 3 heterocycles. The molecule has 8 heteroatoms. The lowest BCUT2D eigenvalue weighted by Crippen LogP contribution is -2.52. The molecule has 4 rings (SSSR count). The first kappa shape index (κ1) is 22.1. The van der Waals surface area contributed by atoms with Gasteiger partial charge in [0.25, 0.3) is 11.8 Å². The Morgan fingerprint density at radius 3 is 2.38 bits per heavy atom. The molecule has 2 aromatic rings. The van der Waals surface area contributed by atoms with Crippen LogP contribution < -0.4 is 5.32 Å². The molecule has 2 saturated heterocycles. The van der Waals surface area contributed by atoms with Crippen molar-refractivity contribution in [3.8, 4) is 0 Å². The molecule has 0 spiro atoms. The lowest BCUT2D eigenvalue weighted by atomic mass is 10.1. The summed E-state index contributed by atoms with van der Waals surface area (Å²) in [4.78, 5) is 43.8. The van der Waals surface area contributed by atoms with E-state index in [1.54, 1.807) is 24.3 Å². The lowest BCUT2D eigenvalue weighted by molar-refractivity contribution is -0.133. The second-order valence-electron chi connectivity index (χ2n) is 8.47. The van der Waals surface area contributed by atoms with E-state index in [1.165, 1.54) is 12.7 Å². The number of rotatable bonds is 5. The molecule has 170 valence electrons. The van der Waals surface area contributed by atoms with E-state index >= 15 is 0 Å². The topological polar surface area (TPSA) is 86.1 Å². The van der Waals surface area contributed by atoms with Crippen LogP contribution in [-0.2, 0) is 4.79 Å². The van der Waals surface area contributed by atoms with Crippen molar-refractivity contribution in [3.63, 3.8) is 0 Å². The van der Waals surface area contributed by atoms with E-state index in [1.807, 2.05) is 22.8 Å². The Labute approximate surface area is 188 Å². The summed E-state index contributed by atoms with van der Waals surface area (Å²) in [5.41, 5.74) is 1.98. The van der Waals surface area contributed by atoms with Crippen LogP contribution in [-0.4, -0.2) is 78.2 Å². The van der Waals surface area contributed by atoms with Crippen LogP contribution in [0.4, 0.5) is 5.69 Å².